The van der Waals surface area contributed by atoms with E-state index in [-0.39, 0.29) is 5.75 Å². The van der Waals surface area contributed by atoms with Gasteiger partial charge < -0.3 is 19.6 Å². The highest BCUT2D eigenvalue weighted by Crippen LogP contribution is 2.43. The average Bonchev–Trinajstić information content (AvgIpc) is 3.23. The number of ether oxygens (including phenoxy) is 1. The van der Waals surface area contributed by atoms with Crippen molar-refractivity contribution in [2.75, 3.05) is 26.5 Å². The number of rotatable bonds is 6. The summed E-state index contributed by atoms with van der Waals surface area (Å²) in [5.41, 5.74) is 4.55. The van der Waals surface area contributed by atoms with Gasteiger partial charge in [-0.25, -0.2) is 0 Å². The number of furan rings is 1. The van der Waals surface area contributed by atoms with Gasteiger partial charge in [0, 0.05) is 17.5 Å². The molecular formula is C28H29NO3S. The second kappa shape index (κ2) is 9.54. The number of thioether (sulfide) groups is 1. The van der Waals surface area contributed by atoms with Gasteiger partial charge >= 0.3 is 0 Å². The largest absolute Gasteiger partial charge is 0.504 e. The molecule has 3 aromatic carbocycles. The lowest BCUT2D eigenvalue weighted by Gasteiger charge is -2.33. The van der Waals surface area contributed by atoms with Crippen LogP contribution in [0.2, 0.25) is 0 Å². The maximum Gasteiger partial charge on any atom is 0.161 e. The van der Waals surface area contributed by atoms with Gasteiger partial charge in [0.15, 0.2) is 11.5 Å². The molecule has 1 aliphatic rings. The van der Waals surface area contributed by atoms with Crippen molar-refractivity contribution >= 4 is 22.7 Å². The summed E-state index contributed by atoms with van der Waals surface area (Å²) in [6, 6.07) is 22.8. The number of benzene rings is 3. The van der Waals surface area contributed by atoms with E-state index in [2.05, 4.69) is 60.1 Å². The van der Waals surface area contributed by atoms with E-state index < -0.39 is 0 Å². The van der Waals surface area contributed by atoms with Crippen LogP contribution in [-0.4, -0.2) is 31.6 Å². The molecule has 0 radical (unpaired) electrons. The summed E-state index contributed by atoms with van der Waals surface area (Å²) in [6.45, 7) is 2.07. The van der Waals surface area contributed by atoms with Gasteiger partial charge in [-0.2, -0.15) is 0 Å². The third-order valence-corrected chi connectivity index (χ3v) is 7.52. The highest BCUT2D eigenvalue weighted by molar-refractivity contribution is 7.99. The van der Waals surface area contributed by atoms with Crippen LogP contribution in [-0.2, 0) is 6.42 Å². The first-order valence-electron chi connectivity index (χ1n) is 11.4. The predicted molar refractivity (Wildman–Crippen MR) is 136 cm³/mol. The fourth-order valence-electron chi connectivity index (χ4n) is 5.00. The van der Waals surface area contributed by atoms with Gasteiger partial charge in [-0.3, -0.25) is 0 Å². The molecule has 2 heterocycles. The molecule has 2 N–H and O–H groups in total. The molecule has 0 aliphatic carbocycles. The molecule has 1 saturated heterocycles. The maximum atomic E-state index is 9.99. The van der Waals surface area contributed by atoms with Gasteiger partial charge in [0.1, 0.15) is 11.3 Å². The maximum absolute atomic E-state index is 9.99. The summed E-state index contributed by atoms with van der Waals surface area (Å²) in [5, 5.41) is 14.7. The molecule has 1 aromatic heterocycles. The molecule has 5 rings (SSSR count). The van der Waals surface area contributed by atoms with Crippen molar-refractivity contribution in [3.8, 4) is 22.8 Å². The Hall–Kier alpha value is -2.89. The number of phenolic OH excluding ortho intramolecular Hbond substituents is 1. The number of nitrogens with one attached hydrogen (secondary N) is 1. The van der Waals surface area contributed by atoms with Crippen LogP contribution < -0.4 is 10.1 Å². The first kappa shape index (κ1) is 21.9. The molecule has 0 bridgehead atoms. The molecule has 0 amide bonds. The Bertz CT molecular complexity index is 1250. The second-order valence-corrected chi connectivity index (χ2v) is 9.47. The minimum absolute atomic E-state index is 0.125. The Morgan fingerprint density at radius 2 is 1.94 bits per heavy atom. The van der Waals surface area contributed by atoms with Crippen LogP contribution in [0.1, 0.15) is 23.5 Å². The van der Waals surface area contributed by atoms with Crippen molar-refractivity contribution < 1.29 is 14.3 Å². The summed E-state index contributed by atoms with van der Waals surface area (Å²) >= 11 is 1.69. The number of phenols is 1. The molecule has 4 nitrogen and oxygen atoms in total. The third kappa shape index (κ3) is 4.35. The molecule has 2 unspecified atom stereocenters. The Morgan fingerprint density at radius 1 is 1.09 bits per heavy atom. The van der Waals surface area contributed by atoms with Crippen molar-refractivity contribution in [1.29, 1.82) is 0 Å². The molecular weight excluding hydrogens is 430 g/mol. The van der Waals surface area contributed by atoms with Gasteiger partial charge in [0.25, 0.3) is 0 Å². The van der Waals surface area contributed by atoms with Crippen molar-refractivity contribution in [2.24, 2.45) is 5.92 Å². The van der Waals surface area contributed by atoms with Crippen LogP contribution in [0.25, 0.3) is 22.3 Å². The zero-order valence-corrected chi connectivity index (χ0v) is 19.8. The van der Waals surface area contributed by atoms with Gasteiger partial charge in [-0.05, 0) is 78.9 Å². The van der Waals surface area contributed by atoms with E-state index in [0.717, 1.165) is 46.7 Å². The lowest BCUT2D eigenvalue weighted by molar-refractivity contribution is 0.322. The molecule has 33 heavy (non-hydrogen) atoms. The SMILES string of the molecule is COc1cc(-c2oc3ccc(C4CNCCC4Cc4ccccc4)cc3c2SC)ccc1O. The Labute approximate surface area is 199 Å². The minimum Gasteiger partial charge on any atom is -0.504 e. The Morgan fingerprint density at radius 3 is 2.73 bits per heavy atom. The molecule has 5 heteroatoms. The lowest BCUT2D eigenvalue weighted by atomic mass is 9.78. The third-order valence-electron chi connectivity index (χ3n) is 6.71. The summed E-state index contributed by atoms with van der Waals surface area (Å²) in [4.78, 5) is 1.11. The van der Waals surface area contributed by atoms with E-state index >= 15 is 0 Å². The van der Waals surface area contributed by atoms with Crippen LogP contribution in [0.3, 0.4) is 0 Å². The lowest BCUT2D eigenvalue weighted by Crippen LogP contribution is -2.36. The second-order valence-electron chi connectivity index (χ2n) is 8.66. The quantitative estimate of drug-likeness (QED) is 0.324. The predicted octanol–water partition coefficient (Wildman–Crippen LogP) is 6.47. The number of piperidine rings is 1. The van der Waals surface area contributed by atoms with Crippen LogP contribution in [0.4, 0.5) is 0 Å². The highest BCUT2D eigenvalue weighted by atomic mass is 32.2. The number of methoxy groups -OCH3 is 1. The minimum atomic E-state index is 0.125. The van der Waals surface area contributed by atoms with Gasteiger partial charge in [-0.15, -0.1) is 11.8 Å². The van der Waals surface area contributed by atoms with E-state index in [0.29, 0.717) is 17.6 Å². The van der Waals surface area contributed by atoms with Crippen LogP contribution >= 0.6 is 11.8 Å². The summed E-state index contributed by atoms with van der Waals surface area (Å²) in [6.07, 6.45) is 4.36. The molecule has 0 saturated carbocycles. The molecule has 0 spiro atoms. The number of hydrogen-bond donors (Lipinski definition) is 2. The van der Waals surface area contributed by atoms with Crippen molar-refractivity contribution in [2.45, 2.75) is 23.7 Å². The van der Waals surface area contributed by atoms with Crippen LogP contribution in [0.15, 0.2) is 76.0 Å². The first-order chi connectivity index (χ1) is 16.2. The standard InChI is InChI=1S/C28H29NO3S/c1-31-26-16-21(8-10-24(26)30)27-28(33-2)22-15-19(9-11-25(22)32-27)23-17-29-13-12-20(23)14-18-6-4-3-5-7-18/h3-11,15-16,20,23,29-30H,12-14,17H2,1-2H3. The summed E-state index contributed by atoms with van der Waals surface area (Å²) in [7, 11) is 1.56. The van der Waals surface area contributed by atoms with Gasteiger partial charge in [0.2, 0.25) is 0 Å². The van der Waals surface area contributed by atoms with Crippen molar-refractivity contribution in [1.82, 2.24) is 5.32 Å². The van der Waals surface area contributed by atoms with Gasteiger partial charge in [-0.1, -0.05) is 36.4 Å². The highest BCUT2D eigenvalue weighted by Gasteiger charge is 2.27. The van der Waals surface area contributed by atoms with Crippen LogP contribution in [0.5, 0.6) is 11.5 Å². The van der Waals surface area contributed by atoms with Crippen molar-refractivity contribution in [3.63, 3.8) is 0 Å². The van der Waals surface area contributed by atoms with Crippen molar-refractivity contribution in [3.05, 3.63) is 77.9 Å². The molecule has 170 valence electrons. The van der Waals surface area contributed by atoms with E-state index in [9.17, 15) is 5.11 Å². The Kier molecular flexibility index (Phi) is 6.34. The fraction of sp³-hybridized carbons (Fsp3) is 0.286. The molecule has 2 atom stereocenters. The zero-order valence-electron chi connectivity index (χ0n) is 19.0. The molecule has 4 aromatic rings. The van der Waals surface area contributed by atoms with E-state index in [4.69, 9.17) is 9.15 Å². The monoisotopic (exact) mass is 459 g/mol. The average molecular weight is 460 g/mol. The summed E-state index contributed by atoms with van der Waals surface area (Å²) in [5.74, 6) is 2.45. The van der Waals surface area contributed by atoms with Crippen LogP contribution in [0, 0.1) is 5.92 Å². The zero-order chi connectivity index (χ0) is 22.8. The first-order valence-corrected chi connectivity index (χ1v) is 12.6. The fourth-order valence-corrected chi connectivity index (χ4v) is 5.72. The number of hydrogen-bond acceptors (Lipinski definition) is 5. The van der Waals surface area contributed by atoms with Gasteiger partial charge in [0.05, 0.1) is 12.0 Å². The normalized spacial score (nSPS) is 18.5. The smallest absolute Gasteiger partial charge is 0.161 e. The van der Waals surface area contributed by atoms with E-state index in [1.54, 1.807) is 24.9 Å². The van der Waals surface area contributed by atoms with E-state index in [1.807, 2.05) is 12.1 Å². The number of aromatic hydroxyl groups is 1. The summed E-state index contributed by atoms with van der Waals surface area (Å²) < 4.78 is 11.6. The molecule has 1 aliphatic heterocycles. The topological polar surface area (TPSA) is 54.6 Å². The Balaban J connectivity index is 1.52. The number of fused-ring (bicyclic) bond motifs is 1. The molecule has 1 fully saturated rings. The van der Waals surface area contributed by atoms with E-state index in [1.165, 1.54) is 17.5 Å².